The second kappa shape index (κ2) is 5.94. The molecule has 1 N–H and O–H groups in total. The molecular weight excluding hydrogens is 306 g/mol. The van der Waals surface area contributed by atoms with Crippen molar-refractivity contribution < 1.29 is 9.21 Å². The van der Waals surface area contributed by atoms with E-state index in [0.717, 1.165) is 49.1 Å². The van der Waals surface area contributed by atoms with Crippen molar-refractivity contribution in [2.45, 2.75) is 25.9 Å². The fraction of sp³-hybridized carbons (Fsp3) is 0.444. The van der Waals surface area contributed by atoms with E-state index in [9.17, 15) is 9.59 Å². The number of nitrogens with zero attached hydrogens (tertiary/aromatic N) is 2. The van der Waals surface area contributed by atoms with E-state index >= 15 is 0 Å². The summed E-state index contributed by atoms with van der Waals surface area (Å²) in [5.41, 5.74) is 2.51. The maximum Gasteiger partial charge on any atom is 0.336 e. The molecule has 2 amide bonds. The van der Waals surface area contributed by atoms with E-state index in [1.807, 2.05) is 17.0 Å². The lowest BCUT2D eigenvalue weighted by Gasteiger charge is -2.43. The number of urea groups is 1. The topological polar surface area (TPSA) is 65.8 Å². The Morgan fingerprint density at radius 3 is 2.79 bits per heavy atom. The van der Waals surface area contributed by atoms with E-state index in [0.29, 0.717) is 12.1 Å². The average Bonchev–Trinajstić information content (AvgIpc) is 2.95. The Bertz CT molecular complexity index is 839. The largest absolute Gasteiger partial charge is 0.423 e. The number of hydrogen-bond donors (Lipinski definition) is 1. The standard InChI is InChI=1S/C18H21N3O3/c1-2-12-3-4-15-13(8-17(22)24-16(15)7-12)9-20-10-14(11-20)21-6-5-19-18(21)23/h3-4,7-8,14H,2,5-6,9-11H2,1H3,(H,19,23). The van der Waals surface area contributed by atoms with Gasteiger partial charge in [-0.2, -0.15) is 0 Å². The molecule has 24 heavy (non-hydrogen) atoms. The molecule has 2 saturated heterocycles. The molecule has 0 aliphatic carbocycles. The lowest BCUT2D eigenvalue weighted by molar-refractivity contribution is 0.0591. The first-order valence-corrected chi connectivity index (χ1v) is 8.46. The van der Waals surface area contributed by atoms with Crippen molar-refractivity contribution >= 4 is 17.0 Å². The SMILES string of the molecule is CCc1ccc2c(CN3CC(N4CCNC4=O)C3)cc(=O)oc2c1. The number of carbonyl (C=O) groups is 1. The molecule has 4 rings (SSSR count). The highest BCUT2D eigenvalue weighted by Gasteiger charge is 2.36. The first-order chi connectivity index (χ1) is 11.6. The lowest BCUT2D eigenvalue weighted by atomic mass is 10.0. The molecule has 2 aromatic rings. The molecule has 0 atom stereocenters. The van der Waals surface area contributed by atoms with Crippen molar-refractivity contribution in [2.75, 3.05) is 26.2 Å². The maximum atomic E-state index is 11.9. The van der Waals surface area contributed by atoms with E-state index in [1.165, 1.54) is 0 Å². The van der Waals surface area contributed by atoms with E-state index < -0.39 is 0 Å². The molecule has 0 radical (unpaired) electrons. The number of likely N-dealkylation sites (tertiary alicyclic amines) is 1. The highest BCUT2D eigenvalue weighted by atomic mass is 16.4. The zero-order chi connectivity index (χ0) is 16.7. The molecule has 6 heteroatoms. The van der Waals surface area contributed by atoms with Gasteiger partial charge in [0.15, 0.2) is 0 Å². The van der Waals surface area contributed by atoms with E-state index in [1.54, 1.807) is 6.07 Å². The number of carbonyl (C=O) groups excluding carboxylic acids is 1. The summed E-state index contributed by atoms with van der Waals surface area (Å²) in [7, 11) is 0. The van der Waals surface area contributed by atoms with Crippen LogP contribution in [0.2, 0.25) is 0 Å². The van der Waals surface area contributed by atoms with Gasteiger partial charge in [-0.05, 0) is 23.6 Å². The summed E-state index contributed by atoms with van der Waals surface area (Å²) >= 11 is 0. The van der Waals surface area contributed by atoms with Crippen molar-refractivity contribution in [3.8, 4) is 0 Å². The Labute approximate surface area is 140 Å². The van der Waals surface area contributed by atoms with Gasteiger partial charge in [0.2, 0.25) is 0 Å². The smallest absolute Gasteiger partial charge is 0.336 e. The Hall–Kier alpha value is -2.34. The van der Waals surface area contributed by atoms with Crippen molar-refractivity contribution in [1.82, 2.24) is 15.1 Å². The number of benzene rings is 1. The van der Waals surface area contributed by atoms with Gasteiger partial charge in [-0.25, -0.2) is 9.59 Å². The molecule has 1 aromatic carbocycles. The van der Waals surface area contributed by atoms with Crippen LogP contribution in [0.3, 0.4) is 0 Å². The normalized spacial score (nSPS) is 18.9. The van der Waals surface area contributed by atoms with E-state index in [-0.39, 0.29) is 17.7 Å². The molecule has 1 aromatic heterocycles. The first-order valence-electron chi connectivity index (χ1n) is 8.46. The number of aryl methyl sites for hydroxylation is 1. The molecule has 3 heterocycles. The highest BCUT2D eigenvalue weighted by molar-refractivity contribution is 5.81. The second-order valence-electron chi connectivity index (χ2n) is 6.55. The summed E-state index contributed by atoms with van der Waals surface area (Å²) in [6.45, 7) is 6.01. The van der Waals surface area contributed by atoms with Crippen molar-refractivity contribution in [3.63, 3.8) is 0 Å². The van der Waals surface area contributed by atoms with Crippen LogP contribution in [-0.2, 0) is 13.0 Å². The van der Waals surface area contributed by atoms with Gasteiger partial charge in [0.05, 0.1) is 6.04 Å². The van der Waals surface area contributed by atoms with E-state index in [4.69, 9.17) is 4.42 Å². The molecule has 0 spiro atoms. The molecule has 0 bridgehead atoms. The predicted molar refractivity (Wildman–Crippen MR) is 91.0 cm³/mol. The Balaban J connectivity index is 1.51. The monoisotopic (exact) mass is 327 g/mol. The van der Waals surface area contributed by atoms with Crippen LogP contribution in [-0.4, -0.2) is 48.1 Å². The Kier molecular flexibility index (Phi) is 3.76. The van der Waals surface area contributed by atoms with Crippen molar-refractivity contribution in [2.24, 2.45) is 0 Å². The van der Waals surface area contributed by atoms with Gasteiger partial charge >= 0.3 is 11.7 Å². The summed E-state index contributed by atoms with van der Waals surface area (Å²) in [6.07, 6.45) is 0.912. The van der Waals surface area contributed by atoms with Crippen LogP contribution in [0.25, 0.3) is 11.0 Å². The zero-order valence-corrected chi connectivity index (χ0v) is 13.7. The van der Waals surface area contributed by atoms with Gasteiger partial charge in [-0.1, -0.05) is 19.1 Å². The minimum atomic E-state index is -0.304. The summed E-state index contributed by atoms with van der Waals surface area (Å²) in [5.74, 6) is 0. The van der Waals surface area contributed by atoms with Gasteiger partial charge < -0.3 is 14.6 Å². The number of fused-ring (bicyclic) bond motifs is 1. The fourth-order valence-electron chi connectivity index (χ4n) is 3.57. The maximum absolute atomic E-state index is 11.9. The molecule has 126 valence electrons. The quantitative estimate of drug-likeness (QED) is 0.866. The fourth-order valence-corrected chi connectivity index (χ4v) is 3.57. The Morgan fingerprint density at radius 1 is 1.25 bits per heavy atom. The van der Waals surface area contributed by atoms with Crippen LogP contribution in [0.5, 0.6) is 0 Å². The van der Waals surface area contributed by atoms with Crippen molar-refractivity contribution in [3.05, 3.63) is 45.8 Å². The molecule has 2 aliphatic heterocycles. The Morgan fingerprint density at radius 2 is 2.08 bits per heavy atom. The van der Waals surface area contributed by atoms with Crippen LogP contribution in [0.1, 0.15) is 18.1 Å². The predicted octanol–water partition coefficient (Wildman–Crippen LogP) is 1.56. The number of amides is 2. The number of nitrogens with one attached hydrogen (secondary N) is 1. The van der Waals surface area contributed by atoms with Gasteiger partial charge in [0, 0.05) is 44.2 Å². The van der Waals surface area contributed by atoms with Gasteiger partial charge in [0.25, 0.3) is 0 Å². The zero-order valence-electron chi connectivity index (χ0n) is 13.7. The summed E-state index contributed by atoms with van der Waals surface area (Å²) in [6, 6.07) is 7.98. The van der Waals surface area contributed by atoms with Crippen molar-refractivity contribution in [1.29, 1.82) is 0 Å². The molecule has 0 saturated carbocycles. The minimum Gasteiger partial charge on any atom is -0.423 e. The molecular formula is C18H21N3O3. The third-order valence-corrected chi connectivity index (χ3v) is 4.97. The third kappa shape index (κ3) is 2.67. The van der Waals surface area contributed by atoms with Crippen LogP contribution >= 0.6 is 0 Å². The summed E-state index contributed by atoms with van der Waals surface area (Å²) in [4.78, 5) is 27.7. The molecule has 2 fully saturated rings. The van der Waals surface area contributed by atoms with Crippen LogP contribution in [0.4, 0.5) is 4.79 Å². The molecule has 2 aliphatic rings. The first kappa shape index (κ1) is 15.2. The molecule has 6 nitrogen and oxygen atoms in total. The van der Waals surface area contributed by atoms with Crippen LogP contribution < -0.4 is 10.9 Å². The molecule has 0 unspecified atom stereocenters. The van der Waals surface area contributed by atoms with Gasteiger partial charge in [0.1, 0.15) is 5.58 Å². The van der Waals surface area contributed by atoms with Crippen LogP contribution in [0.15, 0.2) is 33.5 Å². The summed E-state index contributed by atoms with van der Waals surface area (Å²) < 4.78 is 5.36. The van der Waals surface area contributed by atoms with Crippen LogP contribution in [0, 0.1) is 0 Å². The van der Waals surface area contributed by atoms with E-state index in [2.05, 4.69) is 23.2 Å². The number of hydrogen-bond acceptors (Lipinski definition) is 4. The summed E-state index contributed by atoms with van der Waals surface area (Å²) in [5, 5.41) is 3.84. The lowest BCUT2D eigenvalue weighted by Crippen LogP contribution is -2.59. The minimum absolute atomic E-state index is 0.0394. The van der Waals surface area contributed by atoms with Gasteiger partial charge in [-0.3, -0.25) is 4.90 Å². The second-order valence-corrected chi connectivity index (χ2v) is 6.55. The number of rotatable bonds is 4. The highest BCUT2D eigenvalue weighted by Crippen LogP contribution is 2.24. The average molecular weight is 327 g/mol. The van der Waals surface area contributed by atoms with Gasteiger partial charge in [-0.15, -0.1) is 0 Å². The third-order valence-electron chi connectivity index (χ3n) is 4.97.